The van der Waals surface area contributed by atoms with Crippen LogP contribution in [0, 0.1) is 0 Å². The Kier molecular flexibility index (Phi) is 36.4. The van der Waals surface area contributed by atoms with E-state index in [4.69, 9.17) is 25.3 Å². The van der Waals surface area contributed by atoms with Crippen molar-refractivity contribution in [2.24, 2.45) is 0 Å². The van der Waals surface area contributed by atoms with Crippen molar-refractivity contribution >= 4 is 49.2 Å². The van der Waals surface area contributed by atoms with Crippen molar-refractivity contribution in [1.82, 2.24) is 4.90 Å². The maximum atomic E-state index is 4.77. The van der Waals surface area contributed by atoms with Crippen LogP contribution in [0.4, 0.5) is 0 Å². The third-order valence-electron chi connectivity index (χ3n) is 0.946. The Labute approximate surface area is 100 Å². The van der Waals surface area contributed by atoms with Gasteiger partial charge in [0.2, 0.25) is 0 Å². The summed E-state index contributed by atoms with van der Waals surface area (Å²) in [6.07, 6.45) is 0. The zero-order valence-corrected chi connectivity index (χ0v) is 10.1. The average molecular weight is 300 g/mol. The van der Waals surface area contributed by atoms with Crippen LogP contribution in [0.15, 0.2) is 0 Å². The summed E-state index contributed by atoms with van der Waals surface area (Å²) < 4.78 is 0. The van der Waals surface area contributed by atoms with Crippen LogP contribution < -0.4 is 0 Å². The second kappa shape index (κ2) is 17.5. The number of rotatable bonds is 4. The molecular weight excluding hydrogens is 281 g/mol. The molecule has 1 nitrogen and oxygen atoms in total. The minimum absolute atomic E-state index is 0. The molecule has 0 atom stereocenters. The van der Waals surface area contributed by atoms with Crippen molar-refractivity contribution in [3.8, 4) is 0 Å². The van der Waals surface area contributed by atoms with Gasteiger partial charge in [-0.1, -0.05) is 14.9 Å². The number of hydrogen-bond donors (Lipinski definition) is 0. The molecule has 2 radical (unpaired) electrons. The monoisotopic (exact) mass is 301 g/mol. The van der Waals surface area contributed by atoms with Gasteiger partial charge in [-0.05, 0) is 20.1 Å². The molecule has 0 unspecified atom stereocenters. The molecule has 68 valence electrons. The molecular formula is C7H19NS2Sn. The molecule has 0 heterocycles. The van der Waals surface area contributed by atoms with E-state index in [1.165, 1.54) is 0 Å². The molecule has 0 bridgehead atoms. The molecule has 0 aliphatic carbocycles. The van der Waals surface area contributed by atoms with Crippen LogP contribution in [0.1, 0.15) is 14.9 Å². The topological polar surface area (TPSA) is 3.24 Å². The third kappa shape index (κ3) is 18.4. The summed E-state index contributed by atoms with van der Waals surface area (Å²) in [7, 11) is 2.04. The van der Waals surface area contributed by atoms with E-state index in [0.717, 1.165) is 24.6 Å². The third-order valence-corrected chi connectivity index (χ3v) is 1.31. The molecule has 0 aliphatic heterocycles. The average Bonchev–Trinajstić information content (AvgIpc) is 1.68. The number of hydrogen-bond acceptors (Lipinski definition) is 3. The maximum absolute atomic E-state index is 4.77. The van der Waals surface area contributed by atoms with Gasteiger partial charge in [-0.3, -0.25) is 0 Å². The zero-order chi connectivity index (χ0) is 6.41. The standard InChI is InChI=1S/C5H13NS2.2CH4.Sn/c1-6(2-4-7)3-5-8;;;/h7-8H,2-5H2,1H3;2*1H4;/q;;;+2/p-2. The molecule has 0 rings (SSSR count). The first-order chi connectivity index (χ1) is 3.81. The molecule has 4 heteroatoms. The van der Waals surface area contributed by atoms with E-state index in [0.29, 0.717) is 0 Å². The van der Waals surface area contributed by atoms with Gasteiger partial charge < -0.3 is 30.2 Å². The van der Waals surface area contributed by atoms with Gasteiger partial charge in [0.1, 0.15) is 0 Å². The molecule has 11 heavy (non-hydrogen) atoms. The normalized spacial score (nSPS) is 7.64. The molecule has 0 spiro atoms. The summed E-state index contributed by atoms with van der Waals surface area (Å²) in [5.41, 5.74) is 0. The summed E-state index contributed by atoms with van der Waals surface area (Å²) in [6, 6.07) is 0. The molecule has 0 aromatic heterocycles. The zero-order valence-electron chi connectivity index (χ0n) is 5.59. The molecule has 0 amide bonds. The minimum atomic E-state index is 0. The van der Waals surface area contributed by atoms with Crippen LogP contribution in [0.2, 0.25) is 0 Å². The summed E-state index contributed by atoms with van der Waals surface area (Å²) in [5.74, 6) is 1.62. The van der Waals surface area contributed by atoms with Crippen LogP contribution in [0.25, 0.3) is 0 Å². The van der Waals surface area contributed by atoms with Crippen molar-refractivity contribution in [2.45, 2.75) is 14.9 Å². The first kappa shape index (κ1) is 22.9. The Morgan fingerprint density at radius 2 is 1.27 bits per heavy atom. The fraction of sp³-hybridized carbons (Fsp3) is 1.00. The predicted octanol–water partition coefficient (Wildman–Crippen LogP) is 0.903. The van der Waals surface area contributed by atoms with Crippen LogP contribution in [0.3, 0.4) is 0 Å². The fourth-order valence-electron chi connectivity index (χ4n) is 0.423. The predicted molar refractivity (Wildman–Crippen MR) is 61.2 cm³/mol. The van der Waals surface area contributed by atoms with E-state index in [1.807, 2.05) is 7.05 Å². The Hall–Kier alpha value is 1.46. The van der Waals surface area contributed by atoms with Gasteiger partial charge in [0, 0.05) is 0 Å². The SMILES string of the molecule is C.C.CN(CC[S-])CC[S-].[Sn+2]. The van der Waals surface area contributed by atoms with Crippen molar-refractivity contribution in [3.63, 3.8) is 0 Å². The Bertz CT molecular complexity index is 49.7. The molecule has 0 saturated carbocycles. The van der Waals surface area contributed by atoms with E-state index in [-0.39, 0.29) is 38.8 Å². The van der Waals surface area contributed by atoms with E-state index in [9.17, 15) is 0 Å². The van der Waals surface area contributed by atoms with E-state index >= 15 is 0 Å². The van der Waals surface area contributed by atoms with Gasteiger partial charge in [-0.25, -0.2) is 0 Å². The van der Waals surface area contributed by atoms with Crippen LogP contribution in [-0.2, 0) is 25.3 Å². The van der Waals surface area contributed by atoms with E-state index < -0.39 is 0 Å². The summed E-state index contributed by atoms with van der Waals surface area (Å²) in [5, 5.41) is 0. The van der Waals surface area contributed by atoms with Gasteiger partial charge in [-0.15, -0.1) is 0 Å². The van der Waals surface area contributed by atoms with Crippen LogP contribution in [0.5, 0.6) is 0 Å². The maximum Gasteiger partial charge on any atom is 2.00 e. The Balaban J connectivity index is -0.0000000817. The first-order valence-electron chi connectivity index (χ1n) is 2.66. The Morgan fingerprint density at radius 1 is 1.00 bits per heavy atom. The fourth-order valence-corrected chi connectivity index (χ4v) is 1.05. The minimum Gasteiger partial charge on any atom is -0.791 e. The Morgan fingerprint density at radius 3 is 1.45 bits per heavy atom. The van der Waals surface area contributed by atoms with Gasteiger partial charge in [0.25, 0.3) is 0 Å². The van der Waals surface area contributed by atoms with Gasteiger partial charge in [-0.2, -0.15) is 11.5 Å². The molecule has 0 fully saturated rings. The summed E-state index contributed by atoms with van der Waals surface area (Å²) >= 11 is 9.53. The second-order valence-corrected chi connectivity index (χ2v) is 2.53. The van der Waals surface area contributed by atoms with E-state index in [2.05, 4.69) is 4.90 Å². The second-order valence-electron chi connectivity index (χ2n) is 1.71. The van der Waals surface area contributed by atoms with Gasteiger partial charge >= 0.3 is 23.9 Å². The molecule has 0 aliphatic rings. The summed E-state index contributed by atoms with van der Waals surface area (Å²) in [6.45, 7) is 1.98. The van der Waals surface area contributed by atoms with Crippen LogP contribution in [-0.4, -0.2) is 60.5 Å². The van der Waals surface area contributed by atoms with Crippen molar-refractivity contribution in [2.75, 3.05) is 31.6 Å². The molecule has 0 N–H and O–H groups in total. The van der Waals surface area contributed by atoms with Crippen molar-refractivity contribution < 1.29 is 0 Å². The largest absolute Gasteiger partial charge is 2.00 e. The first-order valence-corrected chi connectivity index (χ1v) is 3.81. The molecule has 0 saturated heterocycles. The van der Waals surface area contributed by atoms with Crippen molar-refractivity contribution in [1.29, 1.82) is 0 Å². The van der Waals surface area contributed by atoms with Gasteiger partial charge in [0.05, 0.1) is 0 Å². The summed E-state index contributed by atoms with van der Waals surface area (Å²) in [4.78, 5) is 2.15. The smallest absolute Gasteiger partial charge is 0.791 e. The van der Waals surface area contributed by atoms with Crippen LogP contribution >= 0.6 is 0 Å². The van der Waals surface area contributed by atoms with Gasteiger partial charge in [0.15, 0.2) is 0 Å². The van der Waals surface area contributed by atoms with Crippen molar-refractivity contribution in [3.05, 3.63) is 0 Å². The molecule has 0 aromatic rings. The molecule has 0 aromatic carbocycles. The quantitative estimate of drug-likeness (QED) is 0.561. The number of nitrogens with zero attached hydrogens (tertiary/aromatic N) is 1. The van der Waals surface area contributed by atoms with E-state index in [1.54, 1.807) is 0 Å².